The van der Waals surface area contributed by atoms with Gasteiger partial charge in [-0.05, 0) is 35.0 Å². The first-order chi connectivity index (χ1) is 7.72. The van der Waals surface area contributed by atoms with Gasteiger partial charge in [0.1, 0.15) is 5.82 Å². The van der Waals surface area contributed by atoms with E-state index in [1.165, 1.54) is 25.7 Å². The highest BCUT2D eigenvalue weighted by molar-refractivity contribution is 9.10. The van der Waals surface area contributed by atoms with E-state index in [4.69, 9.17) is 0 Å². The number of halogens is 1. The normalized spacial score (nSPS) is 16.7. The van der Waals surface area contributed by atoms with E-state index < -0.39 is 0 Å². The predicted octanol–water partition coefficient (Wildman–Crippen LogP) is 3.34. The van der Waals surface area contributed by atoms with Gasteiger partial charge >= 0.3 is 0 Å². The fourth-order valence-corrected chi connectivity index (χ4v) is 2.96. The first-order valence-corrected chi connectivity index (χ1v) is 7.53. The molecule has 1 aromatic rings. The van der Waals surface area contributed by atoms with Gasteiger partial charge in [-0.15, -0.1) is 0 Å². The third kappa shape index (κ3) is 2.51. The van der Waals surface area contributed by atoms with Crippen LogP contribution in [0.5, 0.6) is 0 Å². The van der Waals surface area contributed by atoms with Crippen LogP contribution in [0, 0.1) is 0 Å². The maximum atomic E-state index is 4.57. The molecule has 1 heterocycles. The van der Waals surface area contributed by atoms with Gasteiger partial charge in [0.05, 0.1) is 4.47 Å². The van der Waals surface area contributed by atoms with Crippen LogP contribution in [0.4, 0.5) is 5.82 Å². The van der Waals surface area contributed by atoms with E-state index in [-0.39, 0.29) is 0 Å². The summed E-state index contributed by atoms with van der Waals surface area (Å²) in [7, 11) is 2.13. The number of aromatic nitrogens is 2. The minimum absolute atomic E-state index is 0.640. The Balaban J connectivity index is 2.23. The molecule has 88 valence electrons. The molecule has 0 spiro atoms. The molecular formula is C11H16BrN3S. The molecule has 0 radical (unpaired) electrons. The van der Waals surface area contributed by atoms with Crippen molar-refractivity contribution in [3.63, 3.8) is 0 Å². The van der Waals surface area contributed by atoms with Crippen LogP contribution in [0.2, 0.25) is 0 Å². The molecule has 0 aromatic carbocycles. The van der Waals surface area contributed by atoms with E-state index in [9.17, 15) is 0 Å². The van der Waals surface area contributed by atoms with Crippen LogP contribution in [-0.4, -0.2) is 29.3 Å². The van der Waals surface area contributed by atoms with Gasteiger partial charge in [-0.3, -0.25) is 0 Å². The smallest absolute Gasteiger partial charge is 0.189 e. The van der Waals surface area contributed by atoms with Crippen molar-refractivity contribution in [2.45, 2.75) is 36.9 Å². The van der Waals surface area contributed by atoms with E-state index in [1.807, 2.05) is 12.5 Å². The van der Waals surface area contributed by atoms with Crippen molar-refractivity contribution in [1.29, 1.82) is 0 Å². The summed E-state index contributed by atoms with van der Waals surface area (Å²) in [6.07, 6.45) is 9.09. The maximum Gasteiger partial charge on any atom is 0.189 e. The Bertz CT molecular complexity index is 366. The monoisotopic (exact) mass is 301 g/mol. The zero-order chi connectivity index (χ0) is 11.5. The van der Waals surface area contributed by atoms with Crippen molar-refractivity contribution >= 4 is 33.5 Å². The van der Waals surface area contributed by atoms with E-state index in [0.29, 0.717) is 6.04 Å². The van der Waals surface area contributed by atoms with Crippen molar-refractivity contribution in [1.82, 2.24) is 9.97 Å². The van der Waals surface area contributed by atoms with Crippen molar-refractivity contribution in [3.05, 3.63) is 10.7 Å². The molecule has 5 heteroatoms. The molecule has 1 aliphatic carbocycles. The molecule has 0 aliphatic heterocycles. The first kappa shape index (κ1) is 12.2. The first-order valence-electron chi connectivity index (χ1n) is 5.51. The summed E-state index contributed by atoms with van der Waals surface area (Å²) in [6.45, 7) is 0. The molecule has 0 saturated heterocycles. The average Bonchev–Trinajstić information content (AvgIpc) is 2.82. The number of hydrogen-bond donors (Lipinski definition) is 0. The second-order valence-corrected chi connectivity index (χ2v) is 5.71. The molecule has 1 aliphatic rings. The lowest BCUT2D eigenvalue weighted by molar-refractivity contribution is 0.640. The van der Waals surface area contributed by atoms with Crippen LogP contribution in [-0.2, 0) is 0 Å². The molecule has 0 amide bonds. The number of hydrogen-bond acceptors (Lipinski definition) is 4. The van der Waals surface area contributed by atoms with Crippen molar-refractivity contribution in [2.75, 3.05) is 18.2 Å². The summed E-state index contributed by atoms with van der Waals surface area (Å²) in [4.78, 5) is 11.1. The summed E-state index contributed by atoms with van der Waals surface area (Å²) in [5.41, 5.74) is 0. The van der Waals surface area contributed by atoms with Crippen molar-refractivity contribution in [2.24, 2.45) is 0 Å². The molecule has 0 bridgehead atoms. The molecule has 2 rings (SSSR count). The van der Waals surface area contributed by atoms with Gasteiger partial charge in [-0.1, -0.05) is 24.6 Å². The van der Waals surface area contributed by atoms with Gasteiger partial charge in [0.25, 0.3) is 0 Å². The van der Waals surface area contributed by atoms with Crippen LogP contribution in [0.25, 0.3) is 0 Å². The number of thioether (sulfide) groups is 1. The highest BCUT2D eigenvalue weighted by Crippen LogP contribution is 2.30. The zero-order valence-corrected chi connectivity index (χ0v) is 12.0. The SMILES string of the molecule is CSc1ncc(Br)c(N(C)C2CCCC2)n1. The molecular weight excluding hydrogens is 286 g/mol. The topological polar surface area (TPSA) is 29.0 Å². The minimum atomic E-state index is 0.640. The third-order valence-corrected chi connectivity index (χ3v) is 4.21. The van der Waals surface area contributed by atoms with Crippen LogP contribution in [0.3, 0.4) is 0 Å². The molecule has 0 unspecified atom stereocenters. The lowest BCUT2D eigenvalue weighted by Gasteiger charge is -2.26. The van der Waals surface area contributed by atoms with Crippen LogP contribution in [0.1, 0.15) is 25.7 Å². The van der Waals surface area contributed by atoms with Gasteiger partial charge in [0.15, 0.2) is 5.16 Å². The Morgan fingerprint density at radius 1 is 1.44 bits per heavy atom. The highest BCUT2D eigenvalue weighted by atomic mass is 79.9. The zero-order valence-electron chi connectivity index (χ0n) is 9.61. The quantitative estimate of drug-likeness (QED) is 0.632. The number of rotatable bonds is 3. The Kier molecular flexibility index (Phi) is 4.08. The van der Waals surface area contributed by atoms with Crippen LogP contribution in [0.15, 0.2) is 15.8 Å². The summed E-state index contributed by atoms with van der Waals surface area (Å²) in [5.74, 6) is 1.02. The van der Waals surface area contributed by atoms with E-state index >= 15 is 0 Å². The second-order valence-electron chi connectivity index (χ2n) is 4.08. The standard InChI is InChI=1S/C11H16BrN3S/c1-15(8-5-3-4-6-8)10-9(12)7-13-11(14-10)16-2/h7-8H,3-6H2,1-2H3. The molecule has 0 N–H and O–H groups in total. The molecule has 16 heavy (non-hydrogen) atoms. The predicted molar refractivity (Wildman–Crippen MR) is 72.2 cm³/mol. The summed E-state index contributed by atoms with van der Waals surface area (Å²) in [5, 5.41) is 0.836. The Hall–Kier alpha value is -0.290. The van der Waals surface area contributed by atoms with Crippen LogP contribution < -0.4 is 4.90 Å². The van der Waals surface area contributed by atoms with Gasteiger partial charge in [0, 0.05) is 19.3 Å². The molecule has 0 atom stereocenters. The van der Waals surface area contributed by atoms with Crippen molar-refractivity contribution in [3.8, 4) is 0 Å². The lowest BCUT2D eigenvalue weighted by Crippen LogP contribution is -2.30. The Morgan fingerprint density at radius 3 is 2.75 bits per heavy atom. The van der Waals surface area contributed by atoms with E-state index in [1.54, 1.807) is 11.8 Å². The lowest BCUT2D eigenvalue weighted by atomic mass is 10.2. The molecule has 3 nitrogen and oxygen atoms in total. The molecule has 1 aromatic heterocycles. The maximum absolute atomic E-state index is 4.57. The summed E-state index contributed by atoms with van der Waals surface area (Å²) >= 11 is 5.11. The molecule has 1 fully saturated rings. The van der Waals surface area contributed by atoms with Gasteiger partial charge in [0.2, 0.25) is 0 Å². The highest BCUT2D eigenvalue weighted by Gasteiger charge is 2.22. The molecule has 1 saturated carbocycles. The van der Waals surface area contributed by atoms with Gasteiger partial charge in [-0.2, -0.15) is 0 Å². The third-order valence-electron chi connectivity index (χ3n) is 3.09. The Morgan fingerprint density at radius 2 is 2.12 bits per heavy atom. The number of nitrogens with zero attached hydrogens (tertiary/aromatic N) is 3. The van der Waals surface area contributed by atoms with Crippen molar-refractivity contribution < 1.29 is 0 Å². The van der Waals surface area contributed by atoms with Gasteiger partial charge < -0.3 is 4.90 Å². The summed E-state index contributed by atoms with van der Waals surface area (Å²) < 4.78 is 0.986. The summed E-state index contributed by atoms with van der Waals surface area (Å²) in [6, 6.07) is 0.640. The fourth-order valence-electron chi connectivity index (χ4n) is 2.15. The second kappa shape index (κ2) is 5.36. The number of anilines is 1. The average molecular weight is 302 g/mol. The van der Waals surface area contributed by atoms with Crippen LogP contribution >= 0.6 is 27.7 Å². The van der Waals surface area contributed by atoms with Gasteiger partial charge in [-0.25, -0.2) is 9.97 Å². The minimum Gasteiger partial charge on any atom is -0.356 e. The Labute approximate surface area is 109 Å². The largest absolute Gasteiger partial charge is 0.356 e. The van der Waals surface area contributed by atoms with E-state index in [0.717, 1.165) is 15.4 Å². The fraction of sp³-hybridized carbons (Fsp3) is 0.636. The van der Waals surface area contributed by atoms with E-state index in [2.05, 4.69) is 37.8 Å².